The van der Waals surface area contributed by atoms with Crippen molar-refractivity contribution in [2.24, 2.45) is 11.7 Å². The number of nitrogens with two attached hydrogens (primary N) is 1. The molecule has 1 rings (SSSR count). The van der Waals surface area contributed by atoms with E-state index < -0.39 is 12.0 Å². The molecule has 6 heteroatoms. The third-order valence-corrected chi connectivity index (χ3v) is 3.47. The summed E-state index contributed by atoms with van der Waals surface area (Å²) >= 11 is 1.59. The molecule has 0 bridgehead atoms. The van der Waals surface area contributed by atoms with Gasteiger partial charge in [-0.15, -0.1) is 0 Å². The lowest BCUT2D eigenvalue weighted by Crippen LogP contribution is -2.42. The molecule has 0 aromatic carbocycles. The summed E-state index contributed by atoms with van der Waals surface area (Å²) in [6, 6.07) is -0.684. The van der Waals surface area contributed by atoms with Crippen LogP contribution in [0, 0.1) is 5.92 Å². The Morgan fingerprint density at radius 1 is 1.75 bits per heavy atom. The summed E-state index contributed by atoms with van der Waals surface area (Å²) < 4.78 is 0. The Balaban J connectivity index is 2.64. The van der Waals surface area contributed by atoms with E-state index in [1.807, 2.05) is 6.26 Å². The molecule has 92 valence electrons. The first-order valence-electron chi connectivity index (χ1n) is 5.31. The molecule has 1 aliphatic heterocycles. The number of hydrogen-bond acceptors (Lipinski definition) is 4. The van der Waals surface area contributed by atoms with Gasteiger partial charge in [-0.05, 0) is 30.9 Å². The molecule has 0 radical (unpaired) electrons. The van der Waals surface area contributed by atoms with Crippen LogP contribution in [0.2, 0.25) is 0 Å². The fourth-order valence-corrected chi connectivity index (χ4v) is 2.37. The van der Waals surface area contributed by atoms with E-state index in [9.17, 15) is 9.59 Å². The van der Waals surface area contributed by atoms with E-state index in [1.54, 1.807) is 11.8 Å². The fraction of sp³-hybridized carbons (Fsp3) is 0.800. The van der Waals surface area contributed by atoms with E-state index in [1.165, 1.54) is 4.90 Å². The Kier molecular flexibility index (Phi) is 5.08. The van der Waals surface area contributed by atoms with Crippen LogP contribution in [0.15, 0.2) is 0 Å². The number of carbonyl (C=O) groups excluding carboxylic acids is 1. The van der Waals surface area contributed by atoms with E-state index >= 15 is 0 Å². The molecule has 1 saturated heterocycles. The van der Waals surface area contributed by atoms with Crippen LogP contribution in [0.1, 0.15) is 12.8 Å². The first-order chi connectivity index (χ1) is 7.60. The smallest absolute Gasteiger partial charge is 0.326 e. The third kappa shape index (κ3) is 3.12. The Hall–Kier alpha value is -0.750. The summed E-state index contributed by atoms with van der Waals surface area (Å²) in [7, 11) is 0. The largest absolute Gasteiger partial charge is 0.480 e. The van der Waals surface area contributed by atoms with Crippen molar-refractivity contribution >= 4 is 23.6 Å². The maximum Gasteiger partial charge on any atom is 0.326 e. The highest BCUT2D eigenvalue weighted by atomic mass is 32.2. The van der Waals surface area contributed by atoms with Gasteiger partial charge in [-0.3, -0.25) is 4.79 Å². The van der Waals surface area contributed by atoms with E-state index in [4.69, 9.17) is 10.8 Å². The van der Waals surface area contributed by atoms with Crippen molar-refractivity contribution < 1.29 is 14.7 Å². The highest BCUT2D eigenvalue weighted by Gasteiger charge is 2.36. The van der Waals surface area contributed by atoms with Crippen LogP contribution in [0.3, 0.4) is 0 Å². The van der Waals surface area contributed by atoms with Crippen molar-refractivity contribution in [3.05, 3.63) is 0 Å². The molecule has 1 unspecified atom stereocenters. The molecule has 0 saturated carbocycles. The monoisotopic (exact) mass is 246 g/mol. The van der Waals surface area contributed by atoms with Crippen LogP contribution in [-0.2, 0) is 9.59 Å². The molecule has 1 heterocycles. The van der Waals surface area contributed by atoms with Crippen molar-refractivity contribution in [1.29, 1.82) is 0 Å². The van der Waals surface area contributed by atoms with Gasteiger partial charge in [0.1, 0.15) is 6.04 Å². The Bertz CT molecular complexity index is 273. The molecule has 1 amide bonds. The second-order valence-electron chi connectivity index (χ2n) is 3.99. The van der Waals surface area contributed by atoms with E-state index in [-0.39, 0.29) is 11.8 Å². The predicted octanol–water partition coefficient (Wildman–Crippen LogP) is -0.0001000. The number of aliphatic carboxylic acids is 1. The third-order valence-electron chi connectivity index (χ3n) is 2.83. The van der Waals surface area contributed by atoms with Crippen LogP contribution in [-0.4, -0.2) is 53.0 Å². The SMILES string of the molecule is CSCC[C@H](C(=O)O)N1CC(CN)CC1=O. The molecule has 0 aromatic heterocycles. The lowest BCUT2D eigenvalue weighted by atomic mass is 10.1. The molecule has 0 aromatic rings. The standard InChI is InChI=1S/C10H18N2O3S/c1-16-3-2-8(10(14)15)12-6-7(5-11)4-9(12)13/h7-8H,2-6,11H2,1H3,(H,14,15)/t7?,8-/m1/s1. The average Bonchev–Trinajstić information content (AvgIpc) is 2.60. The highest BCUT2D eigenvalue weighted by molar-refractivity contribution is 7.98. The van der Waals surface area contributed by atoms with Crippen molar-refractivity contribution in [2.45, 2.75) is 18.9 Å². The first-order valence-corrected chi connectivity index (χ1v) is 6.70. The number of amides is 1. The zero-order chi connectivity index (χ0) is 12.1. The normalized spacial score (nSPS) is 22.5. The number of rotatable bonds is 6. The lowest BCUT2D eigenvalue weighted by molar-refractivity contribution is -0.148. The molecular weight excluding hydrogens is 228 g/mol. The van der Waals surface area contributed by atoms with E-state index in [0.717, 1.165) is 5.75 Å². The number of hydrogen-bond donors (Lipinski definition) is 2. The molecule has 0 aliphatic carbocycles. The van der Waals surface area contributed by atoms with Gasteiger partial charge >= 0.3 is 5.97 Å². The van der Waals surface area contributed by atoms with Crippen molar-refractivity contribution in [1.82, 2.24) is 4.90 Å². The topological polar surface area (TPSA) is 83.6 Å². The fourth-order valence-electron chi connectivity index (χ4n) is 1.91. The minimum absolute atomic E-state index is 0.0797. The number of carbonyl (C=O) groups is 2. The van der Waals surface area contributed by atoms with Gasteiger partial charge in [-0.1, -0.05) is 0 Å². The summed E-state index contributed by atoms with van der Waals surface area (Å²) in [4.78, 5) is 24.2. The zero-order valence-corrected chi connectivity index (χ0v) is 10.2. The summed E-state index contributed by atoms with van der Waals surface area (Å²) in [5.41, 5.74) is 5.50. The predicted molar refractivity (Wildman–Crippen MR) is 63.3 cm³/mol. The van der Waals surface area contributed by atoms with Gasteiger partial charge in [0.15, 0.2) is 0 Å². The summed E-state index contributed by atoms with van der Waals surface area (Å²) in [5.74, 6) is -0.138. The Morgan fingerprint density at radius 2 is 2.44 bits per heavy atom. The molecule has 1 aliphatic rings. The molecule has 1 fully saturated rings. The van der Waals surface area contributed by atoms with Crippen LogP contribution >= 0.6 is 11.8 Å². The lowest BCUT2D eigenvalue weighted by Gasteiger charge is -2.24. The van der Waals surface area contributed by atoms with Crippen LogP contribution in [0.25, 0.3) is 0 Å². The summed E-state index contributed by atoms with van der Waals surface area (Å²) in [5, 5.41) is 9.10. The van der Waals surface area contributed by atoms with E-state index in [2.05, 4.69) is 0 Å². The number of thioether (sulfide) groups is 1. The second kappa shape index (κ2) is 6.10. The summed E-state index contributed by atoms with van der Waals surface area (Å²) in [6.07, 6.45) is 2.81. The molecule has 3 N–H and O–H groups in total. The molecular formula is C10H18N2O3S. The second-order valence-corrected chi connectivity index (χ2v) is 4.97. The Morgan fingerprint density at radius 3 is 2.88 bits per heavy atom. The Labute approximate surface area is 99.4 Å². The maximum absolute atomic E-state index is 11.7. The quantitative estimate of drug-likeness (QED) is 0.689. The first kappa shape index (κ1) is 13.3. The average molecular weight is 246 g/mol. The van der Waals surface area contributed by atoms with Gasteiger partial charge < -0.3 is 15.7 Å². The van der Waals surface area contributed by atoms with Gasteiger partial charge in [-0.2, -0.15) is 11.8 Å². The van der Waals surface area contributed by atoms with Crippen LogP contribution in [0.4, 0.5) is 0 Å². The molecule has 2 atom stereocenters. The van der Waals surface area contributed by atoms with Gasteiger partial charge in [0.05, 0.1) is 0 Å². The van der Waals surface area contributed by atoms with Gasteiger partial charge in [0.2, 0.25) is 5.91 Å². The van der Waals surface area contributed by atoms with Crippen molar-refractivity contribution in [3.8, 4) is 0 Å². The summed E-state index contributed by atoms with van der Waals surface area (Å²) in [6.45, 7) is 0.928. The van der Waals surface area contributed by atoms with Crippen LogP contribution < -0.4 is 5.73 Å². The molecule has 0 spiro atoms. The number of carboxylic acids is 1. The number of carboxylic acid groups (broad SMARTS) is 1. The highest BCUT2D eigenvalue weighted by Crippen LogP contribution is 2.21. The van der Waals surface area contributed by atoms with Crippen molar-refractivity contribution in [3.63, 3.8) is 0 Å². The van der Waals surface area contributed by atoms with Gasteiger partial charge in [0, 0.05) is 13.0 Å². The van der Waals surface area contributed by atoms with Gasteiger partial charge in [0.25, 0.3) is 0 Å². The number of nitrogens with zero attached hydrogens (tertiary/aromatic N) is 1. The van der Waals surface area contributed by atoms with Crippen LogP contribution in [0.5, 0.6) is 0 Å². The van der Waals surface area contributed by atoms with Crippen molar-refractivity contribution in [2.75, 3.05) is 25.1 Å². The van der Waals surface area contributed by atoms with Gasteiger partial charge in [-0.25, -0.2) is 4.79 Å². The minimum Gasteiger partial charge on any atom is -0.480 e. The van der Waals surface area contributed by atoms with E-state index in [0.29, 0.717) is 25.9 Å². The molecule has 16 heavy (non-hydrogen) atoms. The minimum atomic E-state index is -0.917. The molecule has 5 nitrogen and oxygen atoms in total. The zero-order valence-electron chi connectivity index (χ0n) is 9.39. The maximum atomic E-state index is 11.7. The number of likely N-dealkylation sites (tertiary alicyclic amines) is 1.